The van der Waals surface area contributed by atoms with Gasteiger partial charge in [0.1, 0.15) is 0 Å². The fraction of sp³-hybridized carbons (Fsp3) is 0. The first-order valence-corrected chi connectivity index (χ1v) is 2.37. The average molecular weight is 187 g/mol. The molecule has 0 aromatic heterocycles. The molecule has 0 unspecified atom stereocenters. The SMILES string of the molecule is O=Nc1c[c-]ccc1O.[Zn]. The molecule has 0 spiro atoms. The van der Waals surface area contributed by atoms with Crippen LogP contribution in [0.3, 0.4) is 0 Å². The molecule has 0 aliphatic rings. The number of aromatic hydroxyl groups is 1. The van der Waals surface area contributed by atoms with Gasteiger partial charge < -0.3 is 5.11 Å². The predicted molar refractivity (Wildman–Crippen MR) is 32.4 cm³/mol. The van der Waals surface area contributed by atoms with Gasteiger partial charge in [-0.1, -0.05) is 5.18 Å². The Morgan fingerprint density at radius 1 is 1.60 bits per heavy atom. The molecular weight excluding hydrogens is 183 g/mol. The van der Waals surface area contributed by atoms with Crippen molar-refractivity contribution in [3.05, 3.63) is 29.2 Å². The van der Waals surface area contributed by atoms with Crippen LogP contribution in [0, 0.1) is 11.0 Å². The summed E-state index contributed by atoms with van der Waals surface area (Å²) in [6, 6.07) is 6.78. The second-order valence-corrected chi connectivity index (χ2v) is 1.51. The Morgan fingerprint density at radius 2 is 2.30 bits per heavy atom. The van der Waals surface area contributed by atoms with Crippen LogP contribution < -0.4 is 0 Å². The Bertz CT molecular complexity index is 227. The van der Waals surface area contributed by atoms with Crippen molar-refractivity contribution in [1.82, 2.24) is 0 Å². The van der Waals surface area contributed by atoms with Crippen LogP contribution in [-0.2, 0) is 19.5 Å². The van der Waals surface area contributed by atoms with Crippen molar-refractivity contribution in [3.63, 3.8) is 0 Å². The van der Waals surface area contributed by atoms with Crippen LogP contribution in [0.2, 0.25) is 0 Å². The van der Waals surface area contributed by atoms with Crippen molar-refractivity contribution in [2.75, 3.05) is 0 Å². The third kappa shape index (κ3) is 1.88. The van der Waals surface area contributed by atoms with Crippen LogP contribution in [0.5, 0.6) is 5.75 Å². The topological polar surface area (TPSA) is 49.7 Å². The van der Waals surface area contributed by atoms with Crippen LogP contribution in [0.25, 0.3) is 0 Å². The van der Waals surface area contributed by atoms with E-state index in [1.165, 1.54) is 18.2 Å². The summed E-state index contributed by atoms with van der Waals surface area (Å²) in [4.78, 5) is 9.80. The van der Waals surface area contributed by atoms with Crippen molar-refractivity contribution < 1.29 is 24.6 Å². The zero-order valence-electron chi connectivity index (χ0n) is 5.24. The molecule has 0 saturated carbocycles. The number of phenolic OH excluding ortho intramolecular Hbond substituents is 1. The molecule has 0 fully saturated rings. The number of phenols is 1. The summed E-state index contributed by atoms with van der Waals surface area (Å²) in [5.41, 5.74) is 0.0255. The van der Waals surface area contributed by atoms with Crippen LogP contribution in [-0.4, -0.2) is 5.11 Å². The van der Waals surface area contributed by atoms with E-state index in [4.69, 9.17) is 5.11 Å². The molecule has 1 rings (SSSR count). The summed E-state index contributed by atoms with van der Waals surface area (Å²) in [7, 11) is 0. The van der Waals surface area contributed by atoms with Gasteiger partial charge in [-0.2, -0.15) is 17.0 Å². The summed E-state index contributed by atoms with van der Waals surface area (Å²) < 4.78 is 0. The summed E-state index contributed by atoms with van der Waals surface area (Å²) in [5, 5.41) is 11.3. The maximum atomic E-state index is 9.80. The number of nitrogens with zero attached hydrogens (tertiary/aromatic N) is 1. The molecule has 1 aromatic rings. The summed E-state index contributed by atoms with van der Waals surface area (Å²) >= 11 is 0. The molecule has 0 radical (unpaired) electrons. The Morgan fingerprint density at radius 3 is 2.70 bits per heavy atom. The third-order valence-electron chi connectivity index (χ3n) is 0.918. The summed E-state index contributed by atoms with van der Waals surface area (Å²) in [6.45, 7) is 0. The van der Waals surface area contributed by atoms with E-state index in [0.29, 0.717) is 0 Å². The average Bonchev–Trinajstić information content (AvgIpc) is 1.89. The first-order valence-electron chi connectivity index (χ1n) is 2.37. The fourth-order valence-electron chi connectivity index (χ4n) is 0.487. The maximum Gasteiger partial charge on any atom is 0.0374 e. The van der Waals surface area contributed by atoms with Gasteiger partial charge in [0, 0.05) is 30.9 Å². The molecule has 1 N–H and O–H groups in total. The Kier molecular flexibility index (Phi) is 3.81. The van der Waals surface area contributed by atoms with E-state index in [1.807, 2.05) is 0 Å². The molecule has 3 nitrogen and oxygen atoms in total. The zero-order valence-corrected chi connectivity index (χ0v) is 8.21. The van der Waals surface area contributed by atoms with E-state index in [1.54, 1.807) is 0 Å². The first kappa shape index (κ1) is 9.24. The minimum atomic E-state index is -0.108. The van der Waals surface area contributed by atoms with Gasteiger partial charge in [0.2, 0.25) is 0 Å². The monoisotopic (exact) mass is 186 g/mol. The molecule has 0 atom stereocenters. The van der Waals surface area contributed by atoms with Crippen LogP contribution in [0.15, 0.2) is 23.4 Å². The van der Waals surface area contributed by atoms with E-state index in [2.05, 4.69) is 11.2 Å². The number of benzene rings is 1. The molecule has 48 valence electrons. The van der Waals surface area contributed by atoms with Crippen molar-refractivity contribution in [2.45, 2.75) is 0 Å². The molecule has 0 heterocycles. The first-order chi connectivity index (χ1) is 4.34. The Balaban J connectivity index is 0.000000810. The van der Waals surface area contributed by atoms with Gasteiger partial charge in [-0.05, 0) is 0 Å². The minimum absolute atomic E-state index is 0. The quantitative estimate of drug-likeness (QED) is 0.412. The second kappa shape index (κ2) is 4.12. The molecule has 10 heavy (non-hydrogen) atoms. The third-order valence-corrected chi connectivity index (χ3v) is 0.918. The van der Waals surface area contributed by atoms with E-state index >= 15 is 0 Å². The summed E-state index contributed by atoms with van der Waals surface area (Å²) in [6.07, 6.45) is 0. The largest absolute Gasteiger partial charge is 0.531 e. The van der Waals surface area contributed by atoms with Gasteiger partial charge in [-0.25, -0.2) is 0 Å². The zero-order chi connectivity index (χ0) is 6.69. The molecular formula is C6H4NO2Zn-. The number of hydrogen-bond donors (Lipinski definition) is 1. The number of hydrogen-bond acceptors (Lipinski definition) is 3. The van der Waals surface area contributed by atoms with Crippen molar-refractivity contribution in [1.29, 1.82) is 0 Å². The Hall–Kier alpha value is -0.757. The van der Waals surface area contributed by atoms with Gasteiger partial charge >= 0.3 is 0 Å². The van der Waals surface area contributed by atoms with E-state index in [9.17, 15) is 4.91 Å². The number of nitroso groups, excluding NO2 is 1. The van der Waals surface area contributed by atoms with Crippen molar-refractivity contribution >= 4 is 5.69 Å². The van der Waals surface area contributed by atoms with E-state index in [-0.39, 0.29) is 30.9 Å². The smallest absolute Gasteiger partial charge is 0.0374 e. The van der Waals surface area contributed by atoms with Gasteiger partial charge in [0.15, 0.2) is 0 Å². The van der Waals surface area contributed by atoms with Gasteiger partial charge in [-0.15, -0.1) is 12.1 Å². The van der Waals surface area contributed by atoms with Crippen LogP contribution in [0.4, 0.5) is 5.69 Å². The van der Waals surface area contributed by atoms with Crippen molar-refractivity contribution in [2.24, 2.45) is 5.18 Å². The Labute approximate surface area is 70.8 Å². The van der Waals surface area contributed by atoms with Gasteiger partial charge in [-0.3, -0.25) is 0 Å². The van der Waals surface area contributed by atoms with Gasteiger partial charge in [0.25, 0.3) is 0 Å². The van der Waals surface area contributed by atoms with Gasteiger partial charge in [0.05, 0.1) is 0 Å². The fourth-order valence-corrected chi connectivity index (χ4v) is 0.487. The molecule has 0 aliphatic carbocycles. The molecule has 0 saturated heterocycles. The van der Waals surface area contributed by atoms with Crippen molar-refractivity contribution in [3.8, 4) is 5.75 Å². The minimum Gasteiger partial charge on any atom is -0.531 e. The number of rotatable bonds is 1. The van der Waals surface area contributed by atoms with Crippen LogP contribution in [0.1, 0.15) is 0 Å². The normalized spacial score (nSPS) is 8.00. The van der Waals surface area contributed by atoms with E-state index < -0.39 is 0 Å². The van der Waals surface area contributed by atoms with E-state index in [0.717, 1.165) is 0 Å². The molecule has 0 aliphatic heterocycles. The second-order valence-electron chi connectivity index (χ2n) is 1.51. The summed E-state index contributed by atoms with van der Waals surface area (Å²) in [5.74, 6) is -0.108. The van der Waals surface area contributed by atoms with Crippen LogP contribution >= 0.6 is 0 Å². The molecule has 0 amide bonds. The molecule has 0 bridgehead atoms. The molecule has 4 heteroatoms. The standard InChI is InChI=1S/C6H4NO2.Zn/c8-6-4-2-1-3-5(6)7-9;/h2-4,8H;/q-1;. The molecule has 1 aromatic carbocycles. The predicted octanol–water partition coefficient (Wildman–Crippen LogP) is 1.59. The maximum absolute atomic E-state index is 9.80.